The van der Waals surface area contributed by atoms with Crippen LogP contribution in [-0.4, -0.2) is 14.8 Å². The van der Waals surface area contributed by atoms with Crippen LogP contribution < -0.4 is 11.3 Å². The molecule has 2 aromatic heterocycles. The lowest BCUT2D eigenvalue weighted by Crippen LogP contribution is -2.23. The number of halogens is 1. The molecule has 2 rings (SSSR count). The van der Waals surface area contributed by atoms with Crippen molar-refractivity contribution in [2.75, 3.05) is 5.73 Å². The largest absolute Gasteiger partial charge is 0.397 e. The molecular formula is C10H9BrN4O. The average molecular weight is 281 g/mol. The fourth-order valence-corrected chi connectivity index (χ4v) is 1.45. The Morgan fingerprint density at radius 2 is 2.19 bits per heavy atom. The van der Waals surface area contributed by atoms with Crippen molar-refractivity contribution in [2.24, 2.45) is 0 Å². The van der Waals surface area contributed by atoms with Crippen LogP contribution in [0.25, 0.3) is 0 Å². The Morgan fingerprint density at radius 3 is 2.81 bits per heavy atom. The van der Waals surface area contributed by atoms with Gasteiger partial charge in [-0.2, -0.15) is 5.10 Å². The van der Waals surface area contributed by atoms with Gasteiger partial charge in [-0.05, 0) is 28.1 Å². The normalized spacial score (nSPS) is 10.3. The minimum absolute atomic E-state index is 0.232. The SMILES string of the molecule is Nc1cnn(Cc2ccc(Br)cn2)c(=O)c1. The van der Waals surface area contributed by atoms with Crippen LogP contribution in [0.15, 0.2) is 39.9 Å². The molecule has 0 fully saturated rings. The molecule has 16 heavy (non-hydrogen) atoms. The number of nitrogens with two attached hydrogens (primary N) is 1. The molecule has 0 saturated heterocycles. The fourth-order valence-electron chi connectivity index (χ4n) is 1.22. The van der Waals surface area contributed by atoms with E-state index in [0.717, 1.165) is 10.2 Å². The molecule has 0 aromatic carbocycles. The first-order chi connectivity index (χ1) is 7.65. The van der Waals surface area contributed by atoms with Crippen molar-refractivity contribution in [1.82, 2.24) is 14.8 Å². The summed E-state index contributed by atoms with van der Waals surface area (Å²) in [5.41, 5.74) is 6.34. The molecule has 0 amide bonds. The molecule has 82 valence electrons. The van der Waals surface area contributed by atoms with Gasteiger partial charge >= 0.3 is 0 Å². The van der Waals surface area contributed by atoms with E-state index in [-0.39, 0.29) is 5.56 Å². The van der Waals surface area contributed by atoms with E-state index in [1.54, 1.807) is 6.20 Å². The van der Waals surface area contributed by atoms with E-state index in [2.05, 4.69) is 26.0 Å². The van der Waals surface area contributed by atoms with Crippen molar-refractivity contribution >= 4 is 21.6 Å². The summed E-state index contributed by atoms with van der Waals surface area (Å²) in [5, 5.41) is 3.92. The van der Waals surface area contributed by atoms with Crippen molar-refractivity contribution in [3.63, 3.8) is 0 Å². The molecule has 0 spiro atoms. The molecule has 0 saturated carbocycles. The van der Waals surface area contributed by atoms with Gasteiger partial charge in [0.15, 0.2) is 0 Å². The molecule has 0 bridgehead atoms. The Bertz CT molecular complexity index is 549. The maximum absolute atomic E-state index is 11.5. The number of pyridine rings is 1. The van der Waals surface area contributed by atoms with E-state index >= 15 is 0 Å². The van der Waals surface area contributed by atoms with Crippen LogP contribution in [0.2, 0.25) is 0 Å². The number of hydrogen-bond donors (Lipinski definition) is 1. The highest BCUT2D eigenvalue weighted by molar-refractivity contribution is 9.10. The van der Waals surface area contributed by atoms with Crippen molar-refractivity contribution in [3.05, 3.63) is 51.1 Å². The number of rotatable bonds is 2. The molecule has 0 aliphatic heterocycles. The molecular weight excluding hydrogens is 272 g/mol. The number of anilines is 1. The van der Waals surface area contributed by atoms with Gasteiger partial charge in [0.05, 0.1) is 24.1 Å². The second-order valence-corrected chi connectivity index (χ2v) is 4.17. The van der Waals surface area contributed by atoms with Gasteiger partial charge < -0.3 is 5.73 Å². The highest BCUT2D eigenvalue weighted by Gasteiger charge is 2.00. The summed E-state index contributed by atoms with van der Waals surface area (Å²) >= 11 is 3.29. The summed E-state index contributed by atoms with van der Waals surface area (Å²) in [6.45, 7) is 0.340. The zero-order valence-corrected chi connectivity index (χ0v) is 9.89. The van der Waals surface area contributed by atoms with Crippen LogP contribution in [-0.2, 0) is 6.54 Å². The Morgan fingerprint density at radius 1 is 1.38 bits per heavy atom. The lowest BCUT2D eigenvalue weighted by atomic mass is 10.3. The van der Waals surface area contributed by atoms with Crippen molar-refractivity contribution in [1.29, 1.82) is 0 Å². The maximum Gasteiger partial charge on any atom is 0.269 e. The highest BCUT2D eigenvalue weighted by Crippen LogP contribution is 2.07. The van der Waals surface area contributed by atoms with E-state index in [0.29, 0.717) is 12.2 Å². The monoisotopic (exact) mass is 280 g/mol. The third-order valence-electron chi connectivity index (χ3n) is 1.99. The Labute approximate surface area is 100 Å². The summed E-state index contributed by atoms with van der Waals surface area (Å²) in [7, 11) is 0. The van der Waals surface area contributed by atoms with Crippen LogP contribution in [0, 0.1) is 0 Å². The fraction of sp³-hybridized carbons (Fsp3) is 0.100. The van der Waals surface area contributed by atoms with E-state index < -0.39 is 0 Å². The summed E-state index contributed by atoms with van der Waals surface area (Å²) in [6, 6.07) is 5.03. The highest BCUT2D eigenvalue weighted by atomic mass is 79.9. The van der Waals surface area contributed by atoms with Crippen LogP contribution in [0.1, 0.15) is 5.69 Å². The number of nitrogen functional groups attached to an aromatic ring is 1. The van der Waals surface area contributed by atoms with Crippen LogP contribution in [0.5, 0.6) is 0 Å². The summed E-state index contributed by atoms with van der Waals surface area (Å²) in [4.78, 5) is 15.7. The third-order valence-corrected chi connectivity index (χ3v) is 2.46. The molecule has 0 aliphatic rings. The van der Waals surface area contributed by atoms with E-state index in [1.165, 1.54) is 16.9 Å². The topological polar surface area (TPSA) is 73.8 Å². The van der Waals surface area contributed by atoms with Gasteiger partial charge in [-0.25, -0.2) is 4.68 Å². The van der Waals surface area contributed by atoms with Crippen LogP contribution in [0.4, 0.5) is 5.69 Å². The lowest BCUT2D eigenvalue weighted by molar-refractivity contribution is 0.629. The minimum atomic E-state index is -0.232. The number of aromatic nitrogens is 3. The first-order valence-electron chi connectivity index (χ1n) is 4.58. The predicted molar refractivity (Wildman–Crippen MR) is 63.9 cm³/mol. The van der Waals surface area contributed by atoms with Crippen molar-refractivity contribution < 1.29 is 0 Å². The molecule has 2 aromatic rings. The summed E-state index contributed by atoms with van der Waals surface area (Å²) < 4.78 is 2.21. The quantitative estimate of drug-likeness (QED) is 0.892. The standard InChI is InChI=1S/C10H9BrN4O/c11-7-1-2-9(13-4-7)6-15-10(16)3-8(12)5-14-15/h1-5H,6,12H2. The maximum atomic E-state index is 11.5. The molecule has 6 heteroatoms. The smallest absolute Gasteiger partial charge is 0.269 e. The van der Waals surface area contributed by atoms with Gasteiger partial charge in [-0.15, -0.1) is 0 Å². The summed E-state index contributed by atoms with van der Waals surface area (Å²) in [6.07, 6.45) is 3.12. The van der Waals surface area contributed by atoms with Crippen LogP contribution >= 0.6 is 15.9 Å². The van der Waals surface area contributed by atoms with Crippen LogP contribution in [0.3, 0.4) is 0 Å². The minimum Gasteiger partial charge on any atom is -0.397 e. The molecule has 0 atom stereocenters. The molecule has 0 unspecified atom stereocenters. The first kappa shape index (κ1) is 10.8. The summed E-state index contributed by atoms with van der Waals surface area (Å²) in [5.74, 6) is 0. The molecule has 2 N–H and O–H groups in total. The van der Waals surface area contributed by atoms with E-state index in [1.807, 2.05) is 12.1 Å². The van der Waals surface area contributed by atoms with Crippen molar-refractivity contribution in [3.8, 4) is 0 Å². The van der Waals surface area contributed by atoms with Crippen molar-refractivity contribution in [2.45, 2.75) is 6.54 Å². The van der Waals surface area contributed by atoms with E-state index in [4.69, 9.17) is 5.73 Å². The molecule has 0 radical (unpaired) electrons. The average Bonchev–Trinajstić information content (AvgIpc) is 2.25. The number of hydrogen-bond acceptors (Lipinski definition) is 4. The Hall–Kier alpha value is -1.69. The van der Waals surface area contributed by atoms with Gasteiger partial charge in [-0.3, -0.25) is 9.78 Å². The Kier molecular flexibility index (Phi) is 3.00. The van der Waals surface area contributed by atoms with Gasteiger partial charge in [0.1, 0.15) is 0 Å². The number of nitrogens with zero attached hydrogens (tertiary/aromatic N) is 3. The zero-order chi connectivity index (χ0) is 11.5. The predicted octanol–water partition coefficient (Wildman–Crippen LogP) is 1.03. The van der Waals surface area contributed by atoms with Gasteiger partial charge in [-0.1, -0.05) is 0 Å². The molecule has 0 aliphatic carbocycles. The van der Waals surface area contributed by atoms with Gasteiger partial charge in [0, 0.05) is 16.7 Å². The first-order valence-corrected chi connectivity index (χ1v) is 5.37. The second kappa shape index (κ2) is 4.44. The zero-order valence-electron chi connectivity index (χ0n) is 8.30. The van der Waals surface area contributed by atoms with E-state index in [9.17, 15) is 4.79 Å². The van der Waals surface area contributed by atoms with Gasteiger partial charge in [0.2, 0.25) is 0 Å². The molecule has 5 nitrogen and oxygen atoms in total. The lowest BCUT2D eigenvalue weighted by Gasteiger charge is -2.03. The Balaban J connectivity index is 2.27. The van der Waals surface area contributed by atoms with Gasteiger partial charge in [0.25, 0.3) is 5.56 Å². The third kappa shape index (κ3) is 2.46. The molecule has 2 heterocycles. The second-order valence-electron chi connectivity index (χ2n) is 3.25.